The highest BCUT2D eigenvalue weighted by molar-refractivity contribution is 5.35. The maximum atomic E-state index is 10.5. The fourth-order valence-electron chi connectivity index (χ4n) is 4.60. The van der Waals surface area contributed by atoms with Crippen LogP contribution in [-0.2, 0) is 4.74 Å². The lowest BCUT2D eigenvalue weighted by Gasteiger charge is -2.53. The fourth-order valence-corrected chi connectivity index (χ4v) is 4.60. The second-order valence-corrected chi connectivity index (χ2v) is 8.39. The molecule has 1 aliphatic heterocycles. The lowest BCUT2D eigenvalue weighted by atomic mass is 9.63. The molecule has 4 rings (SSSR count). The van der Waals surface area contributed by atoms with Crippen LogP contribution in [0.2, 0.25) is 0 Å². The van der Waals surface area contributed by atoms with Gasteiger partial charge in [0, 0.05) is 0 Å². The third kappa shape index (κ3) is 3.26. The van der Waals surface area contributed by atoms with E-state index in [0.717, 1.165) is 29.9 Å². The largest absolute Gasteiger partial charge is 0.457 e. The van der Waals surface area contributed by atoms with Crippen LogP contribution >= 0.6 is 0 Å². The lowest BCUT2D eigenvalue weighted by molar-refractivity contribution is -0.215. The zero-order chi connectivity index (χ0) is 18.3. The highest BCUT2D eigenvalue weighted by Crippen LogP contribution is 2.53. The molecule has 2 aromatic rings. The molecule has 0 amide bonds. The van der Waals surface area contributed by atoms with E-state index in [1.807, 2.05) is 42.5 Å². The first-order valence-electron chi connectivity index (χ1n) is 9.63. The molecule has 1 aliphatic carbocycles. The van der Waals surface area contributed by atoms with Gasteiger partial charge < -0.3 is 14.6 Å². The number of para-hydroxylation sites is 1. The molecular weight excluding hydrogens is 324 g/mol. The lowest BCUT2D eigenvalue weighted by Crippen LogP contribution is -2.52. The molecule has 3 nitrogen and oxygen atoms in total. The zero-order valence-electron chi connectivity index (χ0n) is 15.8. The normalized spacial score (nSPS) is 32.8. The highest BCUT2D eigenvalue weighted by atomic mass is 16.5. The summed E-state index contributed by atoms with van der Waals surface area (Å²) in [7, 11) is 0. The Morgan fingerprint density at radius 2 is 1.73 bits per heavy atom. The minimum Gasteiger partial charge on any atom is -0.457 e. The molecule has 2 bridgehead atoms. The Morgan fingerprint density at radius 1 is 1.00 bits per heavy atom. The smallest absolute Gasteiger partial charge is 0.127 e. The van der Waals surface area contributed by atoms with Crippen molar-refractivity contribution >= 4 is 0 Å². The Balaban J connectivity index is 1.62. The number of hydrogen-bond acceptors (Lipinski definition) is 3. The standard InChI is InChI=1S/C23H28O3/c1-15-20-13-17(14-21(15)24)23(2,3)26-22(20)16-8-7-11-19(12-16)25-18-9-5-4-6-10-18/h4-12,15,17,20-22,24H,13-14H2,1-3H3/t15-,17-,20+,21-,22-/m0/s1. The summed E-state index contributed by atoms with van der Waals surface area (Å²) >= 11 is 0. The minimum atomic E-state index is -0.242. The van der Waals surface area contributed by atoms with Gasteiger partial charge >= 0.3 is 0 Å². The van der Waals surface area contributed by atoms with Crippen molar-refractivity contribution < 1.29 is 14.6 Å². The van der Waals surface area contributed by atoms with Gasteiger partial charge in [0.05, 0.1) is 17.8 Å². The maximum absolute atomic E-state index is 10.5. The van der Waals surface area contributed by atoms with Gasteiger partial charge in [-0.1, -0.05) is 37.3 Å². The number of hydrogen-bond donors (Lipinski definition) is 1. The molecule has 2 fully saturated rings. The first kappa shape index (κ1) is 17.6. The van der Waals surface area contributed by atoms with E-state index < -0.39 is 0 Å². The van der Waals surface area contributed by atoms with Gasteiger partial charge in [-0.2, -0.15) is 0 Å². The summed E-state index contributed by atoms with van der Waals surface area (Å²) in [4.78, 5) is 0. The van der Waals surface area contributed by atoms with Crippen LogP contribution in [0.3, 0.4) is 0 Å². The highest BCUT2D eigenvalue weighted by Gasteiger charge is 2.50. The predicted octanol–water partition coefficient (Wildman–Crippen LogP) is 5.35. The molecule has 1 saturated carbocycles. The van der Waals surface area contributed by atoms with Crippen LogP contribution < -0.4 is 4.74 Å². The van der Waals surface area contributed by atoms with Gasteiger partial charge in [-0.05, 0) is 74.3 Å². The average Bonchev–Trinajstić information content (AvgIpc) is 2.63. The molecule has 26 heavy (non-hydrogen) atoms. The summed E-state index contributed by atoms with van der Waals surface area (Å²) in [6.45, 7) is 6.48. The van der Waals surface area contributed by atoms with Gasteiger partial charge in [0.15, 0.2) is 0 Å². The molecule has 0 radical (unpaired) electrons. The Morgan fingerprint density at radius 3 is 2.50 bits per heavy atom. The molecular formula is C23H28O3. The third-order valence-electron chi connectivity index (χ3n) is 6.33. The molecule has 138 valence electrons. The third-order valence-corrected chi connectivity index (χ3v) is 6.33. The molecule has 0 aromatic heterocycles. The summed E-state index contributed by atoms with van der Waals surface area (Å²) in [6, 6.07) is 18.0. The first-order valence-corrected chi connectivity index (χ1v) is 9.63. The van der Waals surface area contributed by atoms with Crippen molar-refractivity contribution in [3.05, 3.63) is 60.2 Å². The number of benzene rings is 2. The van der Waals surface area contributed by atoms with Crippen molar-refractivity contribution in [3.8, 4) is 11.5 Å². The Labute approximate surface area is 156 Å². The van der Waals surface area contributed by atoms with Crippen molar-refractivity contribution in [2.45, 2.75) is 51.4 Å². The minimum absolute atomic E-state index is 0.00877. The van der Waals surface area contributed by atoms with Crippen LogP contribution in [0.4, 0.5) is 0 Å². The molecule has 2 aliphatic rings. The SMILES string of the molecule is C[C@H]1[C@H]2C[C@@H](C[C@@H]1O)C(C)(C)O[C@H]2c1cccc(Oc2ccccc2)c1. The number of aliphatic hydroxyl groups is 1. The van der Waals surface area contributed by atoms with Crippen molar-refractivity contribution in [1.29, 1.82) is 0 Å². The van der Waals surface area contributed by atoms with Gasteiger partial charge in [-0.25, -0.2) is 0 Å². The van der Waals surface area contributed by atoms with Crippen LogP contribution in [0, 0.1) is 17.8 Å². The van der Waals surface area contributed by atoms with Crippen LogP contribution in [-0.4, -0.2) is 16.8 Å². The van der Waals surface area contributed by atoms with Crippen molar-refractivity contribution in [2.75, 3.05) is 0 Å². The summed E-state index contributed by atoms with van der Waals surface area (Å²) in [5.41, 5.74) is 0.911. The first-order chi connectivity index (χ1) is 12.4. The summed E-state index contributed by atoms with van der Waals surface area (Å²) in [5, 5.41) is 10.5. The number of aliphatic hydroxyl groups excluding tert-OH is 1. The maximum Gasteiger partial charge on any atom is 0.127 e. The fraction of sp³-hybridized carbons (Fsp3) is 0.478. The monoisotopic (exact) mass is 352 g/mol. The van der Waals surface area contributed by atoms with E-state index in [-0.39, 0.29) is 23.7 Å². The van der Waals surface area contributed by atoms with Gasteiger partial charge in [0.25, 0.3) is 0 Å². The Hall–Kier alpha value is -1.84. The van der Waals surface area contributed by atoms with Crippen LogP contribution in [0.1, 0.15) is 45.3 Å². The van der Waals surface area contributed by atoms with Gasteiger partial charge in [0.2, 0.25) is 0 Å². The molecule has 0 spiro atoms. The van der Waals surface area contributed by atoms with Crippen LogP contribution in [0.15, 0.2) is 54.6 Å². The van der Waals surface area contributed by atoms with Crippen molar-refractivity contribution in [1.82, 2.24) is 0 Å². The summed E-state index contributed by atoms with van der Waals surface area (Å²) in [6.07, 6.45) is 1.70. The quantitative estimate of drug-likeness (QED) is 0.809. The van der Waals surface area contributed by atoms with Crippen LogP contribution in [0.25, 0.3) is 0 Å². The zero-order valence-corrected chi connectivity index (χ0v) is 15.8. The van der Waals surface area contributed by atoms with E-state index in [9.17, 15) is 5.11 Å². The molecule has 5 atom stereocenters. The van der Waals surface area contributed by atoms with Crippen molar-refractivity contribution in [2.24, 2.45) is 17.8 Å². The average molecular weight is 352 g/mol. The van der Waals surface area contributed by atoms with E-state index in [1.54, 1.807) is 0 Å². The summed E-state index contributed by atoms with van der Waals surface area (Å²) in [5.74, 6) is 2.64. The van der Waals surface area contributed by atoms with E-state index in [0.29, 0.717) is 11.8 Å². The van der Waals surface area contributed by atoms with E-state index in [1.165, 1.54) is 0 Å². The van der Waals surface area contributed by atoms with Gasteiger partial charge in [-0.3, -0.25) is 0 Å². The number of ether oxygens (including phenoxy) is 2. The second-order valence-electron chi connectivity index (χ2n) is 8.39. The topological polar surface area (TPSA) is 38.7 Å². The number of rotatable bonds is 3. The molecule has 3 heteroatoms. The molecule has 1 heterocycles. The van der Waals surface area contributed by atoms with E-state index in [2.05, 4.69) is 32.9 Å². The molecule has 1 N–H and O–H groups in total. The van der Waals surface area contributed by atoms with Gasteiger partial charge in [-0.15, -0.1) is 0 Å². The molecule has 1 saturated heterocycles. The second kappa shape index (κ2) is 6.71. The summed E-state index contributed by atoms with van der Waals surface area (Å²) < 4.78 is 12.6. The number of fused-ring (bicyclic) bond motifs is 2. The predicted molar refractivity (Wildman–Crippen MR) is 102 cm³/mol. The van der Waals surface area contributed by atoms with Gasteiger partial charge in [0.1, 0.15) is 11.5 Å². The van der Waals surface area contributed by atoms with Crippen molar-refractivity contribution in [3.63, 3.8) is 0 Å². The Kier molecular flexibility index (Phi) is 4.54. The van der Waals surface area contributed by atoms with E-state index in [4.69, 9.17) is 9.47 Å². The molecule has 2 aromatic carbocycles. The van der Waals surface area contributed by atoms with E-state index >= 15 is 0 Å². The molecule has 0 unspecified atom stereocenters. The Bertz CT molecular complexity index is 755. The van der Waals surface area contributed by atoms with Crippen LogP contribution in [0.5, 0.6) is 11.5 Å².